The summed E-state index contributed by atoms with van der Waals surface area (Å²) in [5.41, 5.74) is 3.36. The number of anilines is 3. The summed E-state index contributed by atoms with van der Waals surface area (Å²) in [6.07, 6.45) is 0. The number of aromatic nitrogens is 2. The largest absolute Gasteiger partial charge is 0.339 e. The lowest BCUT2D eigenvalue weighted by Crippen LogP contribution is -2.08. The van der Waals surface area contributed by atoms with Gasteiger partial charge in [0.25, 0.3) is 0 Å². The minimum absolute atomic E-state index is 0.163. The molecule has 19 heavy (non-hydrogen) atoms. The second kappa shape index (κ2) is 5.48. The highest BCUT2D eigenvalue weighted by molar-refractivity contribution is 5.87. The molecule has 2 aromatic rings. The molecule has 5 heteroatoms. The third-order valence-corrected chi connectivity index (χ3v) is 2.61. The van der Waals surface area contributed by atoms with Crippen LogP contribution in [0.2, 0.25) is 0 Å². The van der Waals surface area contributed by atoms with Crippen molar-refractivity contribution in [2.75, 3.05) is 10.6 Å². The SMILES string of the molecule is CC(=O)Nc1ccc(Nc2ccc(C)cc2C)nn1. The Bertz CT molecular complexity index is 593. The van der Waals surface area contributed by atoms with Crippen molar-refractivity contribution in [2.45, 2.75) is 20.8 Å². The van der Waals surface area contributed by atoms with E-state index in [1.54, 1.807) is 12.1 Å². The molecule has 0 aliphatic heterocycles. The van der Waals surface area contributed by atoms with Gasteiger partial charge in [0.1, 0.15) is 0 Å². The first-order valence-corrected chi connectivity index (χ1v) is 6.00. The number of carbonyl (C=O) groups is 1. The fraction of sp³-hybridized carbons (Fsp3) is 0.214. The van der Waals surface area contributed by atoms with Crippen molar-refractivity contribution in [2.24, 2.45) is 0 Å². The second-order valence-corrected chi connectivity index (χ2v) is 4.43. The zero-order valence-corrected chi connectivity index (χ0v) is 11.2. The van der Waals surface area contributed by atoms with E-state index >= 15 is 0 Å². The van der Waals surface area contributed by atoms with Gasteiger partial charge in [0.2, 0.25) is 5.91 Å². The summed E-state index contributed by atoms with van der Waals surface area (Å²) < 4.78 is 0. The molecule has 0 bridgehead atoms. The van der Waals surface area contributed by atoms with E-state index in [0.29, 0.717) is 11.6 Å². The molecule has 5 nitrogen and oxygen atoms in total. The summed E-state index contributed by atoms with van der Waals surface area (Å²) in [6.45, 7) is 5.52. The van der Waals surface area contributed by atoms with Gasteiger partial charge in [-0.05, 0) is 37.6 Å². The molecule has 0 saturated carbocycles. The lowest BCUT2D eigenvalue weighted by molar-refractivity contribution is -0.114. The number of rotatable bonds is 3. The summed E-state index contributed by atoms with van der Waals surface area (Å²) >= 11 is 0. The number of nitrogens with zero attached hydrogens (tertiary/aromatic N) is 2. The maximum Gasteiger partial charge on any atom is 0.222 e. The fourth-order valence-electron chi connectivity index (χ4n) is 1.74. The van der Waals surface area contributed by atoms with Crippen LogP contribution in [0.25, 0.3) is 0 Å². The smallest absolute Gasteiger partial charge is 0.222 e. The molecule has 1 aromatic carbocycles. The maximum atomic E-state index is 10.9. The van der Waals surface area contributed by atoms with Gasteiger partial charge in [-0.2, -0.15) is 0 Å². The summed E-state index contributed by atoms with van der Waals surface area (Å²) in [5, 5.41) is 13.7. The Labute approximate surface area is 112 Å². The lowest BCUT2D eigenvalue weighted by atomic mass is 10.1. The van der Waals surface area contributed by atoms with E-state index in [1.807, 2.05) is 19.1 Å². The van der Waals surface area contributed by atoms with Crippen LogP contribution in [0.3, 0.4) is 0 Å². The topological polar surface area (TPSA) is 66.9 Å². The maximum absolute atomic E-state index is 10.9. The van der Waals surface area contributed by atoms with Crippen LogP contribution < -0.4 is 10.6 Å². The van der Waals surface area contributed by atoms with Gasteiger partial charge in [-0.1, -0.05) is 17.7 Å². The highest BCUT2D eigenvalue weighted by Crippen LogP contribution is 2.20. The van der Waals surface area contributed by atoms with Crippen LogP contribution in [0.1, 0.15) is 18.1 Å². The molecule has 0 atom stereocenters. The normalized spacial score (nSPS) is 10.1. The number of carbonyl (C=O) groups excluding carboxylic acids is 1. The predicted octanol–water partition coefficient (Wildman–Crippen LogP) is 2.80. The van der Waals surface area contributed by atoms with Crippen LogP contribution in [0, 0.1) is 13.8 Å². The van der Waals surface area contributed by atoms with E-state index in [2.05, 4.69) is 33.8 Å². The third-order valence-electron chi connectivity index (χ3n) is 2.61. The zero-order chi connectivity index (χ0) is 13.8. The van der Waals surface area contributed by atoms with Crippen LogP contribution >= 0.6 is 0 Å². The van der Waals surface area contributed by atoms with Crippen molar-refractivity contribution in [1.29, 1.82) is 0 Å². The van der Waals surface area contributed by atoms with Crippen molar-refractivity contribution in [1.82, 2.24) is 10.2 Å². The average molecular weight is 256 g/mol. The molecule has 1 aromatic heterocycles. The summed E-state index contributed by atoms with van der Waals surface area (Å²) in [4.78, 5) is 10.9. The van der Waals surface area contributed by atoms with E-state index in [4.69, 9.17) is 0 Å². The first kappa shape index (κ1) is 13.0. The fourth-order valence-corrected chi connectivity index (χ4v) is 1.74. The van der Waals surface area contributed by atoms with E-state index in [0.717, 1.165) is 11.3 Å². The van der Waals surface area contributed by atoms with E-state index in [-0.39, 0.29) is 5.91 Å². The zero-order valence-electron chi connectivity index (χ0n) is 11.2. The van der Waals surface area contributed by atoms with Crippen molar-refractivity contribution >= 4 is 23.2 Å². The first-order valence-electron chi connectivity index (χ1n) is 6.00. The molecule has 2 N–H and O–H groups in total. The standard InChI is InChI=1S/C14H16N4O/c1-9-4-5-12(10(2)8-9)16-14-7-6-13(17-18-14)15-11(3)19/h4-8H,1-3H3,(H,16,18)(H,15,17,19). The Balaban J connectivity index is 2.13. The monoisotopic (exact) mass is 256 g/mol. The van der Waals surface area contributed by atoms with Crippen LogP contribution in [0.5, 0.6) is 0 Å². The Kier molecular flexibility index (Phi) is 3.75. The van der Waals surface area contributed by atoms with E-state index < -0.39 is 0 Å². The minimum atomic E-state index is -0.163. The Hall–Kier alpha value is -2.43. The molecular weight excluding hydrogens is 240 g/mol. The number of hydrogen-bond donors (Lipinski definition) is 2. The van der Waals surface area contributed by atoms with Gasteiger partial charge in [0.15, 0.2) is 11.6 Å². The Morgan fingerprint density at radius 3 is 2.32 bits per heavy atom. The van der Waals surface area contributed by atoms with Crippen molar-refractivity contribution < 1.29 is 4.79 Å². The van der Waals surface area contributed by atoms with Crippen LogP contribution in [-0.2, 0) is 4.79 Å². The van der Waals surface area contributed by atoms with Crippen molar-refractivity contribution in [3.05, 3.63) is 41.5 Å². The summed E-state index contributed by atoms with van der Waals surface area (Å²) in [5.74, 6) is 0.920. The molecule has 0 unspecified atom stereocenters. The lowest BCUT2D eigenvalue weighted by Gasteiger charge is -2.09. The van der Waals surface area contributed by atoms with Crippen LogP contribution in [-0.4, -0.2) is 16.1 Å². The number of amides is 1. The van der Waals surface area contributed by atoms with Crippen molar-refractivity contribution in [3.63, 3.8) is 0 Å². The predicted molar refractivity (Wildman–Crippen MR) is 75.5 cm³/mol. The minimum Gasteiger partial charge on any atom is -0.339 e. The second-order valence-electron chi connectivity index (χ2n) is 4.43. The van der Waals surface area contributed by atoms with Gasteiger partial charge >= 0.3 is 0 Å². The van der Waals surface area contributed by atoms with Crippen molar-refractivity contribution in [3.8, 4) is 0 Å². The highest BCUT2D eigenvalue weighted by Gasteiger charge is 2.02. The van der Waals surface area contributed by atoms with Crippen LogP contribution in [0.4, 0.5) is 17.3 Å². The number of nitrogens with one attached hydrogen (secondary N) is 2. The molecule has 0 saturated heterocycles. The van der Waals surface area contributed by atoms with E-state index in [9.17, 15) is 4.79 Å². The number of hydrogen-bond acceptors (Lipinski definition) is 4. The molecule has 1 amide bonds. The number of benzene rings is 1. The molecule has 2 rings (SSSR count). The van der Waals surface area contributed by atoms with E-state index in [1.165, 1.54) is 12.5 Å². The average Bonchev–Trinajstić information content (AvgIpc) is 2.34. The first-order chi connectivity index (χ1) is 9.04. The third kappa shape index (κ3) is 3.51. The Morgan fingerprint density at radius 1 is 1.05 bits per heavy atom. The quantitative estimate of drug-likeness (QED) is 0.886. The van der Waals surface area contributed by atoms with Gasteiger partial charge in [0, 0.05) is 12.6 Å². The highest BCUT2D eigenvalue weighted by atomic mass is 16.1. The van der Waals surface area contributed by atoms with Gasteiger partial charge < -0.3 is 10.6 Å². The molecule has 98 valence electrons. The Morgan fingerprint density at radius 2 is 1.74 bits per heavy atom. The molecule has 0 aliphatic carbocycles. The molecule has 0 radical (unpaired) electrons. The summed E-state index contributed by atoms with van der Waals surface area (Å²) in [6, 6.07) is 9.63. The summed E-state index contributed by atoms with van der Waals surface area (Å²) in [7, 11) is 0. The van der Waals surface area contributed by atoms with Gasteiger partial charge in [-0.3, -0.25) is 4.79 Å². The van der Waals surface area contributed by atoms with Crippen LogP contribution in [0.15, 0.2) is 30.3 Å². The van der Waals surface area contributed by atoms with Gasteiger partial charge in [0.05, 0.1) is 0 Å². The molecule has 0 spiro atoms. The van der Waals surface area contributed by atoms with Gasteiger partial charge in [-0.25, -0.2) is 0 Å². The number of aryl methyl sites for hydroxylation is 2. The van der Waals surface area contributed by atoms with Gasteiger partial charge in [-0.15, -0.1) is 10.2 Å². The molecule has 0 aliphatic rings. The molecular formula is C14H16N4O. The molecule has 1 heterocycles. The molecule has 0 fully saturated rings.